The summed E-state index contributed by atoms with van der Waals surface area (Å²) in [6, 6.07) is 5.42. The van der Waals surface area contributed by atoms with Gasteiger partial charge in [-0.15, -0.1) is 0 Å². The van der Waals surface area contributed by atoms with Gasteiger partial charge in [0, 0.05) is 11.0 Å². The predicted molar refractivity (Wildman–Crippen MR) is 88.7 cm³/mol. The van der Waals surface area contributed by atoms with Crippen LogP contribution in [0.25, 0.3) is 0 Å². The number of aryl methyl sites for hydroxylation is 1. The molecule has 6 heteroatoms. The molecule has 0 aliphatic rings. The molecule has 1 amide bonds. The van der Waals surface area contributed by atoms with Gasteiger partial charge in [-0.2, -0.15) is 0 Å². The number of rotatable bonds is 5. The number of carbonyl (C=O) groups excluding carboxylic acids is 1. The van der Waals surface area contributed by atoms with Crippen molar-refractivity contribution in [1.29, 1.82) is 0 Å². The van der Waals surface area contributed by atoms with E-state index in [1.165, 1.54) is 0 Å². The summed E-state index contributed by atoms with van der Waals surface area (Å²) in [4.78, 5) is 11.5. The molecule has 3 N–H and O–H groups in total. The van der Waals surface area contributed by atoms with Crippen molar-refractivity contribution in [2.24, 2.45) is 0 Å². The van der Waals surface area contributed by atoms with Crippen LogP contribution in [0.5, 0.6) is 0 Å². The van der Waals surface area contributed by atoms with Gasteiger partial charge < -0.3 is 20.3 Å². The molecule has 1 aromatic rings. The topological polar surface area (TPSA) is 78.8 Å². The Bertz CT molecular complexity index is 513. The van der Waals surface area contributed by atoms with Crippen LogP contribution in [0, 0.1) is 6.92 Å². The minimum atomic E-state index is -1.00. The number of nitrogens with one attached hydrogen (secondary N) is 1. The lowest BCUT2D eigenvalue weighted by Crippen LogP contribution is -2.34. The van der Waals surface area contributed by atoms with E-state index < -0.39 is 23.9 Å². The highest BCUT2D eigenvalue weighted by molar-refractivity contribution is 9.10. The number of hydrogen-bond donors (Lipinski definition) is 3. The molecule has 0 bridgehead atoms. The fourth-order valence-corrected chi connectivity index (χ4v) is 2.21. The molecule has 22 heavy (non-hydrogen) atoms. The average molecular weight is 374 g/mol. The monoisotopic (exact) mass is 373 g/mol. The van der Waals surface area contributed by atoms with Crippen LogP contribution in [0.4, 0.5) is 4.79 Å². The summed E-state index contributed by atoms with van der Waals surface area (Å²) >= 11 is 3.40. The summed E-state index contributed by atoms with van der Waals surface area (Å²) in [7, 11) is 0. The van der Waals surface area contributed by atoms with Crippen molar-refractivity contribution >= 4 is 22.0 Å². The zero-order valence-corrected chi connectivity index (χ0v) is 15.0. The fourth-order valence-electron chi connectivity index (χ4n) is 1.81. The first-order valence-electron chi connectivity index (χ1n) is 7.19. The Kier molecular flexibility index (Phi) is 6.84. The van der Waals surface area contributed by atoms with Gasteiger partial charge in [0.1, 0.15) is 11.7 Å². The SMILES string of the molecule is Cc1ccc(C(O)C(O)CCNC(=O)OC(C)(C)C)cc1Br. The molecule has 0 aliphatic heterocycles. The van der Waals surface area contributed by atoms with E-state index in [1.54, 1.807) is 32.9 Å². The van der Waals surface area contributed by atoms with Crippen molar-refractivity contribution in [2.75, 3.05) is 6.54 Å². The molecule has 1 rings (SSSR count). The van der Waals surface area contributed by atoms with Crippen molar-refractivity contribution in [3.8, 4) is 0 Å². The number of hydrogen-bond acceptors (Lipinski definition) is 4. The lowest BCUT2D eigenvalue weighted by molar-refractivity contribution is 0.0123. The summed E-state index contributed by atoms with van der Waals surface area (Å²) in [6.07, 6.45) is -2.28. The second-order valence-electron chi connectivity index (χ2n) is 6.24. The van der Waals surface area contributed by atoms with Crippen LogP contribution in [-0.4, -0.2) is 34.6 Å². The van der Waals surface area contributed by atoms with Crippen molar-refractivity contribution in [1.82, 2.24) is 5.32 Å². The Morgan fingerprint density at radius 2 is 2.00 bits per heavy atom. The van der Waals surface area contributed by atoms with E-state index in [0.29, 0.717) is 5.56 Å². The highest BCUT2D eigenvalue weighted by atomic mass is 79.9. The van der Waals surface area contributed by atoms with E-state index in [-0.39, 0.29) is 13.0 Å². The van der Waals surface area contributed by atoms with Crippen LogP contribution in [-0.2, 0) is 4.74 Å². The van der Waals surface area contributed by atoms with Crippen LogP contribution in [0.1, 0.15) is 44.4 Å². The third-order valence-electron chi connectivity index (χ3n) is 3.01. The first-order valence-corrected chi connectivity index (χ1v) is 7.98. The second kappa shape index (κ2) is 7.94. The van der Waals surface area contributed by atoms with E-state index in [4.69, 9.17) is 4.74 Å². The fraction of sp³-hybridized carbons (Fsp3) is 0.562. The summed E-state index contributed by atoms with van der Waals surface area (Å²) in [5, 5.41) is 22.7. The lowest BCUT2D eigenvalue weighted by atomic mass is 10.0. The smallest absolute Gasteiger partial charge is 0.407 e. The van der Waals surface area contributed by atoms with Gasteiger partial charge in [0.05, 0.1) is 6.10 Å². The zero-order chi connectivity index (χ0) is 16.9. The highest BCUT2D eigenvalue weighted by Gasteiger charge is 2.20. The van der Waals surface area contributed by atoms with Crippen LogP contribution < -0.4 is 5.32 Å². The van der Waals surface area contributed by atoms with Gasteiger partial charge in [0.15, 0.2) is 0 Å². The quantitative estimate of drug-likeness (QED) is 0.740. The number of amides is 1. The van der Waals surface area contributed by atoms with Crippen LogP contribution in [0.15, 0.2) is 22.7 Å². The van der Waals surface area contributed by atoms with Gasteiger partial charge in [-0.3, -0.25) is 0 Å². The molecular weight excluding hydrogens is 350 g/mol. The number of aliphatic hydroxyl groups is 2. The third kappa shape index (κ3) is 6.34. The van der Waals surface area contributed by atoms with Crippen LogP contribution in [0.2, 0.25) is 0 Å². The third-order valence-corrected chi connectivity index (χ3v) is 3.86. The maximum Gasteiger partial charge on any atom is 0.407 e. The molecule has 0 aromatic heterocycles. The van der Waals surface area contributed by atoms with E-state index in [2.05, 4.69) is 21.2 Å². The minimum Gasteiger partial charge on any atom is -0.444 e. The Hall–Kier alpha value is -1.11. The molecule has 0 heterocycles. The molecule has 0 spiro atoms. The standard InChI is InChI=1S/C16H24BrNO4/c1-10-5-6-11(9-12(10)17)14(20)13(19)7-8-18-15(21)22-16(2,3)4/h5-6,9,13-14,19-20H,7-8H2,1-4H3,(H,18,21). The first-order chi connectivity index (χ1) is 10.1. The van der Waals surface area contributed by atoms with E-state index >= 15 is 0 Å². The Morgan fingerprint density at radius 3 is 2.55 bits per heavy atom. The molecule has 1 aromatic carbocycles. The van der Waals surface area contributed by atoms with Gasteiger partial charge in [0.2, 0.25) is 0 Å². The Morgan fingerprint density at radius 1 is 1.36 bits per heavy atom. The number of alkyl carbamates (subject to hydrolysis) is 1. The molecule has 124 valence electrons. The molecule has 0 saturated carbocycles. The van der Waals surface area contributed by atoms with E-state index in [1.807, 2.05) is 13.0 Å². The number of benzene rings is 1. The van der Waals surface area contributed by atoms with E-state index in [9.17, 15) is 15.0 Å². The molecule has 0 saturated heterocycles. The number of carbonyl (C=O) groups is 1. The second-order valence-corrected chi connectivity index (χ2v) is 7.09. The van der Waals surface area contributed by atoms with Crippen molar-refractivity contribution in [2.45, 2.75) is 51.9 Å². The van der Waals surface area contributed by atoms with E-state index in [0.717, 1.165) is 10.0 Å². The maximum absolute atomic E-state index is 11.5. The molecule has 0 fully saturated rings. The summed E-state index contributed by atoms with van der Waals surface area (Å²) in [5.74, 6) is 0. The Labute approximate surface area is 139 Å². The van der Waals surface area contributed by atoms with Crippen molar-refractivity contribution in [3.05, 3.63) is 33.8 Å². The van der Waals surface area contributed by atoms with Crippen LogP contribution in [0.3, 0.4) is 0 Å². The number of halogens is 1. The van der Waals surface area contributed by atoms with Gasteiger partial charge in [-0.1, -0.05) is 28.1 Å². The van der Waals surface area contributed by atoms with Gasteiger partial charge in [-0.05, 0) is 51.3 Å². The maximum atomic E-state index is 11.5. The normalized spacial score (nSPS) is 14.3. The highest BCUT2D eigenvalue weighted by Crippen LogP contribution is 2.24. The van der Waals surface area contributed by atoms with Crippen molar-refractivity contribution in [3.63, 3.8) is 0 Å². The molecule has 0 aliphatic carbocycles. The number of ether oxygens (including phenoxy) is 1. The lowest BCUT2D eigenvalue weighted by Gasteiger charge is -2.21. The van der Waals surface area contributed by atoms with Crippen molar-refractivity contribution < 1.29 is 19.7 Å². The first kappa shape index (κ1) is 18.9. The molecule has 2 unspecified atom stereocenters. The summed E-state index contributed by atoms with van der Waals surface area (Å²) in [6.45, 7) is 7.50. The molecular formula is C16H24BrNO4. The van der Waals surface area contributed by atoms with Gasteiger partial charge >= 0.3 is 6.09 Å². The molecule has 2 atom stereocenters. The predicted octanol–water partition coefficient (Wildman–Crippen LogP) is 3.07. The molecule has 0 radical (unpaired) electrons. The van der Waals surface area contributed by atoms with Gasteiger partial charge in [-0.25, -0.2) is 4.79 Å². The largest absolute Gasteiger partial charge is 0.444 e. The summed E-state index contributed by atoms with van der Waals surface area (Å²) < 4.78 is 5.97. The Balaban J connectivity index is 2.46. The summed E-state index contributed by atoms with van der Waals surface area (Å²) in [5.41, 5.74) is 1.12. The number of aliphatic hydroxyl groups excluding tert-OH is 2. The zero-order valence-electron chi connectivity index (χ0n) is 13.4. The van der Waals surface area contributed by atoms with Crippen LogP contribution >= 0.6 is 15.9 Å². The van der Waals surface area contributed by atoms with Gasteiger partial charge in [0.25, 0.3) is 0 Å². The molecule has 5 nitrogen and oxygen atoms in total. The minimum absolute atomic E-state index is 0.222. The average Bonchev–Trinajstić information content (AvgIpc) is 2.38.